The van der Waals surface area contributed by atoms with Gasteiger partial charge in [-0.05, 0) is 38.2 Å². The molecule has 0 bridgehead atoms. The molecule has 0 amide bonds. The van der Waals surface area contributed by atoms with Crippen molar-refractivity contribution >= 4 is 23.0 Å². The molecule has 1 aromatic rings. The molecule has 0 aromatic heterocycles. The maximum absolute atomic E-state index is 5.71. The normalized spacial score (nSPS) is 23.0. The lowest BCUT2D eigenvalue weighted by molar-refractivity contribution is -0.0473. The molecule has 1 aliphatic heterocycles. The number of nitrogens with zero attached hydrogens (tertiary/aromatic N) is 1. The fourth-order valence-electron chi connectivity index (χ4n) is 2.29. The third kappa shape index (κ3) is 3.58. The van der Waals surface area contributed by atoms with Gasteiger partial charge in [0, 0.05) is 13.1 Å². The molecular weight excluding hydrogens is 260 g/mol. The Labute approximate surface area is 119 Å². The Balaban J connectivity index is 2.04. The van der Waals surface area contributed by atoms with Gasteiger partial charge in [0.25, 0.3) is 0 Å². The van der Waals surface area contributed by atoms with Crippen LogP contribution in [-0.2, 0) is 4.74 Å². The van der Waals surface area contributed by atoms with Crippen molar-refractivity contribution in [1.82, 2.24) is 4.90 Å². The second kappa shape index (κ2) is 6.21. The zero-order valence-electron chi connectivity index (χ0n) is 11.6. The van der Waals surface area contributed by atoms with Crippen molar-refractivity contribution < 1.29 is 9.47 Å². The molecule has 0 saturated carbocycles. The number of methoxy groups -OCH3 is 1. The number of ether oxygens (including phenoxy) is 2. The molecular formula is C14H20N2O2S. The molecule has 104 valence electrons. The van der Waals surface area contributed by atoms with Crippen LogP contribution >= 0.6 is 12.2 Å². The molecule has 4 nitrogen and oxygen atoms in total. The molecule has 1 saturated heterocycles. The monoisotopic (exact) mass is 280 g/mol. The number of rotatable bonds is 2. The minimum atomic E-state index is 0.196. The van der Waals surface area contributed by atoms with Crippen molar-refractivity contribution in [3.8, 4) is 5.75 Å². The predicted octanol–water partition coefficient (Wildman–Crippen LogP) is 2.50. The summed E-state index contributed by atoms with van der Waals surface area (Å²) in [7, 11) is 1.66. The van der Waals surface area contributed by atoms with Gasteiger partial charge in [0.15, 0.2) is 5.11 Å². The Kier molecular flexibility index (Phi) is 4.61. The fraction of sp³-hybridized carbons (Fsp3) is 0.500. The van der Waals surface area contributed by atoms with E-state index < -0.39 is 0 Å². The Bertz CT molecular complexity index is 443. The summed E-state index contributed by atoms with van der Waals surface area (Å²) in [5, 5.41) is 3.96. The van der Waals surface area contributed by atoms with Gasteiger partial charge in [-0.15, -0.1) is 0 Å². The Morgan fingerprint density at radius 3 is 2.58 bits per heavy atom. The highest BCUT2D eigenvalue weighted by Crippen LogP contribution is 2.24. The Morgan fingerprint density at radius 1 is 1.32 bits per heavy atom. The summed E-state index contributed by atoms with van der Waals surface area (Å²) in [6, 6.07) is 7.76. The molecule has 0 unspecified atom stereocenters. The molecule has 1 aromatic carbocycles. The van der Waals surface area contributed by atoms with Gasteiger partial charge in [0.2, 0.25) is 0 Å². The number of nitrogens with one attached hydrogen (secondary N) is 1. The van der Waals surface area contributed by atoms with Crippen molar-refractivity contribution in [3.63, 3.8) is 0 Å². The van der Waals surface area contributed by atoms with E-state index in [2.05, 4.69) is 24.1 Å². The predicted molar refractivity (Wildman–Crippen MR) is 80.8 cm³/mol. The van der Waals surface area contributed by atoms with Crippen LogP contribution in [0.25, 0.3) is 0 Å². The van der Waals surface area contributed by atoms with Gasteiger partial charge in [0.1, 0.15) is 5.75 Å². The number of anilines is 1. The van der Waals surface area contributed by atoms with E-state index >= 15 is 0 Å². The van der Waals surface area contributed by atoms with Crippen LogP contribution in [0.15, 0.2) is 24.3 Å². The van der Waals surface area contributed by atoms with E-state index in [1.54, 1.807) is 7.11 Å². The van der Waals surface area contributed by atoms with E-state index in [0.717, 1.165) is 24.5 Å². The van der Waals surface area contributed by atoms with Crippen molar-refractivity contribution in [3.05, 3.63) is 24.3 Å². The molecule has 0 spiro atoms. The van der Waals surface area contributed by atoms with Crippen molar-refractivity contribution in [2.45, 2.75) is 26.1 Å². The van der Waals surface area contributed by atoms with Crippen LogP contribution in [0.5, 0.6) is 5.75 Å². The minimum absolute atomic E-state index is 0.196. The van der Waals surface area contributed by atoms with Gasteiger partial charge in [-0.3, -0.25) is 0 Å². The molecule has 0 radical (unpaired) electrons. The zero-order chi connectivity index (χ0) is 13.8. The number of para-hydroxylation sites is 2. The molecule has 19 heavy (non-hydrogen) atoms. The molecule has 1 fully saturated rings. The van der Waals surface area contributed by atoms with Crippen molar-refractivity contribution in [1.29, 1.82) is 0 Å². The van der Waals surface area contributed by atoms with Gasteiger partial charge in [0.05, 0.1) is 25.0 Å². The zero-order valence-corrected chi connectivity index (χ0v) is 12.4. The Hall–Kier alpha value is -1.33. The highest BCUT2D eigenvalue weighted by atomic mass is 32.1. The number of benzene rings is 1. The third-order valence-corrected chi connectivity index (χ3v) is 3.42. The summed E-state index contributed by atoms with van der Waals surface area (Å²) in [5.41, 5.74) is 0.891. The van der Waals surface area contributed by atoms with Crippen molar-refractivity contribution in [2.75, 3.05) is 25.5 Å². The molecule has 1 aliphatic rings. The van der Waals surface area contributed by atoms with Crippen LogP contribution in [0.2, 0.25) is 0 Å². The van der Waals surface area contributed by atoms with E-state index in [4.69, 9.17) is 21.7 Å². The van der Waals surface area contributed by atoms with Crippen LogP contribution < -0.4 is 10.1 Å². The van der Waals surface area contributed by atoms with E-state index in [1.165, 1.54) is 0 Å². The summed E-state index contributed by atoms with van der Waals surface area (Å²) in [4.78, 5) is 2.14. The van der Waals surface area contributed by atoms with E-state index in [0.29, 0.717) is 5.11 Å². The summed E-state index contributed by atoms with van der Waals surface area (Å²) in [6.45, 7) is 5.75. The van der Waals surface area contributed by atoms with Crippen LogP contribution in [0.3, 0.4) is 0 Å². The maximum Gasteiger partial charge on any atom is 0.173 e. The fourth-order valence-corrected chi connectivity index (χ4v) is 2.54. The SMILES string of the molecule is COc1ccccc1NC(=S)N1C[C@@H](C)O[C@@H](C)C1. The van der Waals surface area contributed by atoms with Crippen LogP contribution in [0.4, 0.5) is 5.69 Å². The number of thiocarbonyl (C=S) groups is 1. The summed E-state index contributed by atoms with van der Waals surface area (Å²) < 4.78 is 11.0. The van der Waals surface area contributed by atoms with E-state index in [-0.39, 0.29) is 12.2 Å². The van der Waals surface area contributed by atoms with Crippen LogP contribution in [-0.4, -0.2) is 42.4 Å². The number of morpholine rings is 1. The molecule has 2 rings (SSSR count). The molecule has 1 N–H and O–H groups in total. The highest BCUT2D eigenvalue weighted by Gasteiger charge is 2.24. The second-order valence-electron chi connectivity index (χ2n) is 4.79. The van der Waals surface area contributed by atoms with E-state index in [9.17, 15) is 0 Å². The third-order valence-electron chi connectivity index (χ3n) is 3.06. The van der Waals surface area contributed by atoms with Gasteiger partial charge >= 0.3 is 0 Å². The topological polar surface area (TPSA) is 33.7 Å². The van der Waals surface area contributed by atoms with Gasteiger partial charge < -0.3 is 19.7 Å². The standard InChI is InChI=1S/C14H20N2O2S/c1-10-8-16(9-11(2)18-10)14(19)15-12-6-4-5-7-13(12)17-3/h4-7,10-11H,8-9H2,1-3H3,(H,15,19)/t10-,11+. The summed E-state index contributed by atoms with van der Waals surface area (Å²) >= 11 is 5.47. The first-order chi connectivity index (χ1) is 9.10. The number of hydrogen-bond donors (Lipinski definition) is 1. The lowest BCUT2D eigenvalue weighted by Gasteiger charge is -2.37. The second-order valence-corrected chi connectivity index (χ2v) is 5.18. The first-order valence-corrected chi connectivity index (χ1v) is 6.85. The Morgan fingerprint density at radius 2 is 1.95 bits per heavy atom. The van der Waals surface area contributed by atoms with Gasteiger partial charge in [-0.1, -0.05) is 12.1 Å². The lowest BCUT2D eigenvalue weighted by atomic mass is 10.2. The van der Waals surface area contributed by atoms with Crippen molar-refractivity contribution in [2.24, 2.45) is 0 Å². The maximum atomic E-state index is 5.71. The summed E-state index contributed by atoms with van der Waals surface area (Å²) in [6.07, 6.45) is 0.391. The summed E-state index contributed by atoms with van der Waals surface area (Å²) in [5.74, 6) is 0.791. The smallest absolute Gasteiger partial charge is 0.173 e. The molecule has 5 heteroatoms. The van der Waals surface area contributed by atoms with Gasteiger partial charge in [-0.2, -0.15) is 0 Å². The quantitative estimate of drug-likeness (QED) is 0.842. The van der Waals surface area contributed by atoms with E-state index in [1.807, 2.05) is 24.3 Å². The molecule has 1 heterocycles. The first kappa shape index (κ1) is 14.1. The largest absolute Gasteiger partial charge is 0.495 e. The first-order valence-electron chi connectivity index (χ1n) is 6.44. The molecule has 2 atom stereocenters. The minimum Gasteiger partial charge on any atom is -0.495 e. The van der Waals surface area contributed by atoms with Crippen LogP contribution in [0, 0.1) is 0 Å². The average molecular weight is 280 g/mol. The highest BCUT2D eigenvalue weighted by molar-refractivity contribution is 7.80. The van der Waals surface area contributed by atoms with Crippen LogP contribution in [0.1, 0.15) is 13.8 Å². The lowest BCUT2D eigenvalue weighted by Crippen LogP contribution is -2.49. The average Bonchev–Trinajstić information content (AvgIpc) is 2.38. The molecule has 0 aliphatic carbocycles. The van der Waals surface area contributed by atoms with Gasteiger partial charge in [-0.25, -0.2) is 0 Å². The number of hydrogen-bond acceptors (Lipinski definition) is 3.